The Morgan fingerprint density at radius 3 is 2.40 bits per heavy atom. The van der Waals surface area contributed by atoms with Crippen LogP contribution in [0.1, 0.15) is 0 Å². The molecule has 30 heavy (non-hydrogen) atoms. The number of hydrogen-bond donors (Lipinski definition) is 0. The summed E-state index contributed by atoms with van der Waals surface area (Å²) >= 11 is 3.33. The molecule has 0 spiro atoms. The average Bonchev–Trinajstić information content (AvgIpc) is 3.46. The van der Waals surface area contributed by atoms with Crippen LogP contribution in [0.4, 0.5) is 0 Å². The first kappa shape index (κ1) is 18.8. The fourth-order valence-electron chi connectivity index (χ4n) is 3.53. The second-order valence-corrected chi connectivity index (χ2v) is 8.45. The Hall–Kier alpha value is -3.22. The topological polar surface area (TPSA) is 44.2 Å². The Kier molecular flexibility index (Phi) is 4.94. The molecule has 2 aromatic heterocycles. The number of rotatable bonds is 2. The molecule has 0 aliphatic carbocycles. The summed E-state index contributed by atoms with van der Waals surface area (Å²) in [5.41, 5.74) is 5.84. The van der Waals surface area contributed by atoms with Gasteiger partial charge in [-0.1, -0.05) is 24.3 Å². The van der Waals surface area contributed by atoms with Gasteiger partial charge in [-0.05, 0) is 47.2 Å². The number of ether oxygens (including phenoxy) is 2. The number of aromatic nitrogens is 2. The van der Waals surface area contributed by atoms with E-state index >= 15 is 0 Å². The van der Waals surface area contributed by atoms with Gasteiger partial charge in [0, 0.05) is 10.8 Å². The van der Waals surface area contributed by atoms with E-state index in [1.807, 2.05) is 29.2 Å². The standard InChI is InChI=1S/2C12H9NOS/c1-14-9-4-2-8-3-5-11-12(10(8)6-9)15-7-13-11;1-14-11-4-2-3-8-5-12-10(6-9(8)11)13-7-15-12/h2*2-7H,1H3. The minimum absolute atomic E-state index is 0.892. The van der Waals surface area contributed by atoms with Crippen molar-refractivity contribution in [2.75, 3.05) is 14.2 Å². The quantitative estimate of drug-likeness (QED) is 0.299. The zero-order valence-corrected chi connectivity index (χ0v) is 18.1. The van der Waals surface area contributed by atoms with E-state index in [9.17, 15) is 0 Å². The molecule has 0 atom stereocenters. The van der Waals surface area contributed by atoms with Gasteiger partial charge >= 0.3 is 0 Å². The summed E-state index contributed by atoms with van der Waals surface area (Å²) in [7, 11) is 3.38. The molecule has 148 valence electrons. The number of benzene rings is 4. The van der Waals surface area contributed by atoms with E-state index in [1.54, 1.807) is 36.9 Å². The van der Waals surface area contributed by atoms with Crippen molar-refractivity contribution in [3.05, 3.63) is 71.7 Å². The first-order valence-electron chi connectivity index (χ1n) is 9.37. The molecule has 0 saturated carbocycles. The van der Waals surface area contributed by atoms with Crippen molar-refractivity contribution in [1.82, 2.24) is 9.97 Å². The van der Waals surface area contributed by atoms with Gasteiger partial charge in [0.1, 0.15) is 11.5 Å². The summed E-state index contributed by atoms with van der Waals surface area (Å²) in [6, 6.07) is 20.6. The monoisotopic (exact) mass is 430 g/mol. The van der Waals surface area contributed by atoms with Crippen LogP contribution in [0.3, 0.4) is 0 Å². The van der Waals surface area contributed by atoms with Crippen LogP contribution in [-0.2, 0) is 0 Å². The van der Waals surface area contributed by atoms with Gasteiger partial charge < -0.3 is 9.47 Å². The van der Waals surface area contributed by atoms with Crippen LogP contribution in [0.2, 0.25) is 0 Å². The molecule has 0 radical (unpaired) electrons. The van der Waals surface area contributed by atoms with Crippen molar-refractivity contribution >= 4 is 64.7 Å². The lowest BCUT2D eigenvalue weighted by Gasteiger charge is -2.04. The second kappa shape index (κ2) is 7.89. The highest BCUT2D eigenvalue weighted by atomic mass is 32.1. The molecule has 0 aliphatic heterocycles. The summed E-state index contributed by atoms with van der Waals surface area (Å²) in [4.78, 5) is 8.61. The van der Waals surface area contributed by atoms with Gasteiger partial charge in [-0.3, -0.25) is 0 Å². The van der Waals surface area contributed by atoms with Crippen molar-refractivity contribution in [3.8, 4) is 11.5 Å². The summed E-state index contributed by atoms with van der Waals surface area (Å²) in [6.07, 6.45) is 0. The van der Waals surface area contributed by atoms with Crippen LogP contribution in [0.15, 0.2) is 71.7 Å². The molecule has 0 fully saturated rings. The third kappa shape index (κ3) is 3.34. The zero-order valence-electron chi connectivity index (χ0n) is 16.5. The Balaban J connectivity index is 0.000000128. The average molecular weight is 431 g/mol. The lowest BCUT2D eigenvalue weighted by atomic mass is 10.1. The van der Waals surface area contributed by atoms with Crippen molar-refractivity contribution in [2.45, 2.75) is 0 Å². The molecule has 0 aliphatic rings. The van der Waals surface area contributed by atoms with Crippen molar-refractivity contribution in [2.24, 2.45) is 0 Å². The molecule has 6 rings (SSSR count). The Morgan fingerprint density at radius 2 is 1.53 bits per heavy atom. The maximum absolute atomic E-state index is 5.33. The predicted molar refractivity (Wildman–Crippen MR) is 127 cm³/mol. The molecule has 0 saturated heterocycles. The van der Waals surface area contributed by atoms with E-state index in [-0.39, 0.29) is 0 Å². The van der Waals surface area contributed by atoms with Gasteiger partial charge in [0.2, 0.25) is 0 Å². The van der Waals surface area contributed by atoms with Gasteiger partial charge in [0.05, 0.1) is 45.7 Å². The normalized spacial score (nSPS) is 11.0. The minimum Gasteiger partial charge on any atom is -0.497 e. The molecular weight excluding hydrogens is 412 g/mol. The maximum atomic E-state index is 5.33. The third-order valence-corrected chi connectivity index (χ3v) is 6.70. The molecule has 0 bridgehead atoms. The van der Waals surface area contributed by atoms with Crippen LogP contribution in [0, 0.1) is 0 Å². The summed E-state index contributed by atoms with van der Waals surface area (Å²) in [5.74, 6) is 1.80. The van der Waals surface area contributed by atoms with E-state index in [2.05, 4.69) is 52.4 Å². The van der Waals surface area contributed by atoms with E-state index in [0.717, 1.165) is 27.9 Å². The molecule has 2 heterocycles. The van der Waals surface area contributed by atoms with Crippen LogP contribution in [-0.4, -0.2) is 24.2 Å². The summed E-state index contributed by atoms with van der Waals surface area (Å²) < 4.78 is 13.0. The first-order chi connectivity index (χ1) is 14.8. The highest BCUT2D eigenvalue weighted by molar-refractivity contribution is 7.17. The van der Waals surface area contributed by atoms with Crippen molar-refractivity contribution in [1.29, 1.82) is 0 Å². The Morgan fingerprint density at radius 1 is 0.700 bits per heavy atom. The Bertz CT molecular complexity index is 1490. The molecule has 0 N–H and O–H groups in total. The fraction of sp³-hybridized carbons (Fsp3) is 0.0833. The number of hydrogen-bond acceptors (Lipinski definition) is 6. The van der Waals surface area contributed by atoms with Crippen LogP contribution in [0.5, 0.6) is 11.5 Å². The number of fused-ring (bicyclic) bond motifs is 5. The van der Waals surface area contributed by atoms with Crippen molar-refractivity contribution < 1.29 is 9.47 Å². The maximum Gasteiger partial charge on any atom is 0.126 e. The van der Waals surface area contributed by atoms with Gasteiger partial charge in [-0.15, -0.1) is 22.7 Å². The van der Waals surface area contributed by atoms with E-state index in [4.69, 9.17) is 9.47 Å². The highest BCUT2D eigenvalue weighted by Crippen LogP contribution is 2.31. The SMILES string of the molecule is COc1ccc2ccc3ncsc3c2c1.COc1cccc2cc3scnc3cc12. The number of nitrogens with zero attached hydrogens (tertiary/aromatic N) is 2. The zero-order chi connectivity index (χ0) is 20.5. The molecule has 0 amide bonds. The minimum atomic E-state index is 0.892. The predicted octanol–water partition coefficient (Wildman–Crippen LogP) is 6.92. The van der Waals surface area contributed by atoms with E-state index in [1.165, 1.54) is 25.6 Å². The first-order valence-corrected chi connectivity index (χ1v) is 11.1. The molecule has 6 heteroatoms. The molecular formula is C24H18N2O2S2. The summed E-state index contributed by atoms with van der Waals surface area (Å²) in [5, 5.41) is 4.77. The van der Waals surface area contributed by atoms with Gasteiger partial charge in [-0.2, -0.15) is 0 Å². The number of thiazole rings is 2. The van der Waals surface area contributed by atoms with Gasteiger partial charge in [-0.25, -0.2) is 9.97 Å². The molecule has 6 aromatic rings. The lowest BCUT2D eigenvalue weighted by Crippen LogP contribution is -1.84. The van der Waals surface area contributed by atoms with E-state index < -0.39 is 0 Å². The fourth-order valence-corrected chi connectivity index (χ4v) is 5.05. The Labute approximate surface area is 181 Å². The second-order valence-electron chi connectivity index (χ2n) is 6.71. The lowest BCUT2D eigenvalue weighted by molar-refractivity contribution is 0.415. The van der Waals surface area contributed by atoms with Crippen LogP contribution < -0.4 is 9.47 Å². The molecule has 4 nitrogen and oxygen atoms in total. The smallest absolute Gasteiger partial charge is 0.126 e. The highest BCUT2D eigenvalue weighted by Gasteiger charge is 2.05. The van der Waals surface area contributed by atoms with Crippen LogP contribution >= 0.6 is 22.7 Å². The van der Waals surface area contributed by atoms with Gasteiger partial charge in [0.15, 0.2) is 0 Å². The van der Waals surface area contributed by atoms with Crippen LogP contribution in [0.25, 0.3) is 42.0 Å². The largest absolute Gasteiger partial charge is 0.497 e. The van der Waals surface area contributed by atoms with E-state index in [0.29, 0.717) is 0 Å². The molecule has 4 aromatic carbocycles. The third-order valence-electron chi connectivity index (χ3n) is 5.03. The van der Waals surface area contributed by atoms with Gasteiger partial charge in [0.25, 0.3) is 0 Å². The number of methoxy groups -OCH3 is 2. The summed E-state index contributed by atoms with van der Waals surface area (Å²) in [6.45, 7) is 0. The van der Waals surface area contributed by atoms with Crippen molar-refractivity contribution in [3.63, 3.8) is 0 Å². The molecule has 0 unspecified atom stereocenters.